The largest absolute Gasteiger partial charge is 0.296 e. The van der Waals surface area contributed by atoms with Gasteiger partial charge in [0.2, 0.25) is 0 Å². The highest BCUT2D eigenvalue weighted by Gasteiger charge is 2.00. The third-order valence-electron chi connectivity index (χ3n) is 2.35. The minimum Gasteiger partial charge on any atom is -0.296 e. The van der Waals surface area contributed by atoms with E-state index in [1.165, 1.54) is 22.5 Å². The van der Waals surface area contributed by atoms with Crippen LogP contribution in [0.1, 0.15) is 5.56 Å². The molecule has 0 spiro atoms. The van der Waals surface area contributed by atoms with Gasteiger partial charge in [-0.3, -0.25) is 5.41 Å². The Kier molecular flexibility index (Phi) is 3.57. The summed E-state index contributed by atoms with van der Waals surface area (Å²) < 4.78 is 12.1. The van der Waals surface area contributed by atoms with Gasteiger partial charge in [-0.05, 0) is 16.3 Å². The molecule has 0 aliphatic rings. The normalized spacial score (nSPS) is 10.6. The standard InChI is InChI=1S/C13H12FNS/c14-8-13(15)16-9-10-5-6-11-3-1-2-4-12(11)7-10/h1-7,15H,8-9H2. The summed E-state index contributed by atoms with van der Waals surface area (Å²) in [4.78, 5) is 0. The minimum absolute atomic E-state index is 0.0909. The van der Waals surface area contributed by atoms with Crippen molar-refractivity contribution in [3.05, 3.63) is 48.0 Å². The van der Waals surface area contributed by atoms with Gasteiger partial charge < -0.3 is 0 Å². The van der Waals surface area contributed by atoms with Crippen molar-refractivity contribution in [1.82, 2.24) is 0 Å². The zero-order chi connectivity index (χ0) is 11.4. The molecule has 0 aliphatic heterocycles. The van der Waals surface area contributed by atoms with Crippen molar-refractivity contribution in [2.45, 2.75) is 5.75 Å². The molecule has 0 aliphatic carbocycles. The summed E-state index contributed by atoms with van der Waals surface area (Å²) >= 11 is 1.25. The molecule has 1 nitrogen and oxygen atoms in total. The molecular formula is C13H12FNS. The number of fused-ring (bicyclic) bond motifs is 1. The first-order valence-corrected chi connectivity index (χ1v) is 6.02. The van der Waals surface area contributed by atoms with Crippen LogP contribution in [0.5, 0.6) is 0 Å². The molecule has 0 bridgehead atoms. The number of nitrogens with one attached hydrogen (secondary N) is 1. The zero-order valence-electron chi connectivity index (χ0n) is 8.74. The number of thioether (sulfide) groups is 1. The second-order valence-corrected chi connectivity index (χ2v) is 4.60. The molecule has 2 aromatic carbocycles. The predicted molar refractivity (Wildman–Crippen MR) is 68.9 cm³/mol. The maximum Gasteiger partial charge on any atom is 0.137 e. The van der Waals surface area contributed by atoms with Crippen molar-refractivity contribution in [1.29, 1.82) is 5.41 Å². The quantitative estimate of drug-likeness (QED) is 0.628. The first-order valence-electron chi connectivity index (χ1n) is 5.03. The second kappa shape index (κ2) is 5.12. The molecule has 0 saturated heterocycles. The van der Waals surface area contributed by atoms with Crippen LogP contribution in [0.3, 0.4) is 0 Å². The highest BCUT2D eigenvalue weighted by atomic mass is 32.2. The van der Waals surface area contributed by atoms with Crippen LogP contribution >= 0.6 is 11.8 Å². The van der Waals surface area contributed by atoms with Crippen LogP contribution < -0.4 is 0 Å². The Morgan fingerprint density at radius 2 is 1.88 bits per heavy atom. The van der Waals surface area contributed by atoms with Crippen LogP contribution in [0.4, 0.5) is 4.39 Å². The van der Waals surface area contributed by atoms with Crippen LogP contribution in [0, 0.1) is 5.41 Å². The molecular weight excluding hydrogens is 221 g/mol. The van der Waals surface area contributed by atoms with E-state index in [1.54, 1.807) is 0 Å². The molecule has 0 unspecified atom stereocenters. The Hall–Kier alpha value is -1.35. The highest BCUT2D eigenvalue weighted by molar-refractivity contribution is 8.13. The number of halogens is 1. The molecule has 0 amide bonds. The van der Waals surface area contributed by atoms with E-state index >= 15 is 0 Å². The third kappa shape index (κ3) is 2.61. The van der Waals surface area contributed by atoms with Crippen LogP contribution in [0.15, 0.2) is 42.5 Å². The molecule has 82 valence electrons. The van der Waals surface area contributed by atoms with Gasteiger partial charge >= 0.3 is 0 Å². The molecule has 0 aromatic heterocycles. The van der Waals surface area contributed by atoms with E-state index < -0.39 is 6.67 Å². The lowest BCUT2D eigenvalue weighted by Gasteiger charge is -2.03. The predicted octanol–water partition coefficient (Wildman–Crippen LogP) is 4.02. The van der Waals surface area contributed by atoms with Crippen molar-refractivity contribution in [2.75, 3.05) is 6.67 Å². The van der Waals surface area contributed by atoms with E-state index in [0.717, 1.165) is 5.56 Å². The Bertz CT molecular complexity index is 510. The Labute approximate surface area is 98.2 Å². The van der Waals surface area contributed by atoms with Gasteiger partial charge in [0.1, 0.15) is 6.67 Å². The van der Waals surface area contributed by atoms with E-state index in [0.29, 0.717) is 5.75 Å². The van der Waals surface area contributed by atoms with Crippen molar-refractivity contribution in [3.63, 3.8) is 0 Å². The topological polar surface area (TPSA) is 23.9 Å². The Morgan fingerprint density at radius 1 is 1.12 bits per heavy atom. The number of hydrogen-bond donors (Lipinski definition) is 1. The summed E-state index contributed by atoms with van der Waals surface area (Å²) in [5, 5.41) is 9.72. The monoisotopic (exact) mass is 233 g/mol. The summed E-state index contributed by atoms with van der Waals surface area (Å²) in [7, 11) is 0. The van der Waals surface area contributed by atoms with Crippen LogP contribution in [-0.4, -0.2) is 11.7 Å². The smallest absolute Gasteiger partial charge is 0.137 e. The van der Waals surface area contributed by atoms with E-state index in [1.807, 2.05) is 18.2 Å². The van der Waals surface area contributed by atoms with Gasteiger partial charge in [0.05, 0.1) is 5.04 Å². The summed E-state index contributed by atoms with van der Waals surface area (Å²) in [6.07, 6.45) is 0. The number of rotatable bonds is 3. The van der Waals surface area contributed by atoms with Gasteiger partial charge in [-0.2, -0.15) is 0 Å². The third-order valence-corrected chi connectivity index (χ3v) is 3.28. The summed E-state index contributed by atoms with van der Waals surface area (Å²) in [5.41, 5.74) is 1.13. The van der Waals surface area contributed by atoms with Gasteiger partial charge in [0.15, 0.2) is 0 Å². The highest BCUT2D eigenvalue weighted by Crippen LogP contribution is 2.19. The maximum absolute atomic E-state index is 12.1. The average Bonchev–Trinajstić information content (AvgIpc) is 2.35. The van der Waals surface area contributed by atoms with Gasteiger partial charge in [0, 0.05) is 5.75 Å². The van der Waals surface area contributed by atoms with Gasteiger partial charge in [-0.15, -0.1) is 11.8 Å². The summed E-state index contributed by atoms with van der Waals surface area (Å²) in [6, 6.07) is 14.3. The molecule has 0 saturated carbocycles. The fraction of sp³-hybridized carbons (Fsp3) is 0.154. The zero-order valence-corrected chi connectivity index (χ0v) is 9.56. The van der Waals surface area contributed by atoms with E-state index in [4.69, 9.17) is 5.41 Å². The molecule has 0 radical (unpaired) electrons. The summed E-state index contributed by atoms with van der Waals surface area (Å²) in [5.74, 6) is 0.660. The molecule has 2 rings (SSSR count). The maximum atomic E-state index is 12.1. The second-order valence-electron chi connectivity index (χ2n) is 3.53. The Morgan fingerprint density at radius 3 is 2.62 bits per heavy atom. The van der Waals surface area contributed by atoms with Crippen LogP contribution in [-0.2, 0) is 5.75 Å². The van der Waals surface area contributed by atoms with Crippen LogP contribution in [0.25, 0.3) is 10.8 Å². The molecule has 3 heteroatoms. The SMILES string of the molecule is N=C(CF)SCc1ccc2ccccc2c1. The average molecular weight is 233 g/mol. The Balaban J connectivity index is 2.16. The molecule has 16 heavy (non-hydrogen) atoms. The van der Waals surface area contributed by atoms with E-state index in [-0.39, 0.29) is 5.04 Å². The van der Waals surface area contributed by atoms with Gasteiger partial charge in [-0.1, -0.05) is 42.5 Å². The molecule has 2 aromatic rings. The summed E-state index contributed by atoms with van der Waals surface area (Å²) in [6.45, 7) is -0.668. The van der Waals surface area contributed by atoms with Crippen molar-refractivity contribution in [2.24, 2.45) is 0 Å². The first-order chi connectivity index (χ1) is 7.79. The lowest BCUT2D eigenvalue weighted by atomic mass is 10.1. The van der Waals surface area contributed by atoms with E-state index in [2.05, 4.69) is 24.3 Å². The molecule has 0 atom stereocenters. The van der Waals surface area contributed by atoms with Crippen molar-refractivity contribution >= 4 is 27.6 Å². The minimum atomic E-state index is -0.668. The van der Waals surface area contributed by atoms with Gasteiger partial charge in [0.25, 0.3) is 0 Å². The fourth-order valence-electron chi connectivity index (χ4n) is 1.54. The number of benzene rings is 2. The van der Waals surface area contributed by atoms with Crippen molar-refractivity contribution < 1.29 is 4.39 Å². The molecule has 1 N–H and O–H groups in total. The lowest BCUT2D eigenvalue weighted by Crippen LogP contribution is -1.92. The number of hydrogen-bond acceptors (Lipinski definition) is 2. The number of alkyl halides is 1. The fourth-order valence-corrected chi connectivity index (χ4v) is 2.14. The lowest BCUT2D eigenvalue weighted by molar-refractivity contribution is 0.584. The van der Waals surface area contributed by atoms with E-state index in [9.17, 15) is 4.39 Å². The van der Waals surface area contributed by atoms with Gasteiger partial charge in [-0.25, -0.2) is 4.39 Å². The first kappa shape index (κ1) is 11.1. The van der Waals surface area contributed by atoms with Crippen LogP contribution in [0.2, 0.25) is 0 Å². The molecule has 0 fully saturated rings. The van der Waals surface area contributed by atoms with Crippen molar-refractivity contribution in [3.8, 4) is 0 Å². The molecule has 0 heterocycles.